The molecule has 0 saturated carbocycles. The van der Waals surface area contributed by atoms with Crippen LogP contribution in [0, 0.1) is 0 Å². The van der Waals surface area contributed by atoms with E-state index in [1.54, 1.807) is 32.2 Å². The summed E-state index contributed by atoms with van der Waals surface area (Å²) in [5, 5.41) is 2.71. The van der Waals surface area contributed by atoms with E-state index in [0.29, 0.717) is 11.6 Å². The van der Waals surface area contributed by atoms with Crippen molar-refractivity contribution >= 4 is 22.0 Å². The zero-order chi connectivity index (χ0) is 20.3. The first-order valence-corrected chi connectivity index (χ1v) is 10.4. The van der Waals surface area contributed by atoms with E-state index >= 15 is 0 Å². The van der Waals surface area contributed by atoms with Crippen molar-refractivity contribution in [3.05, 3.63) is 41.6 Å². The van der Waals surface area contributed by atoms with Crippen LogP contribution in [0.3, 0.4) is 0 Å². The molecule has 0 saturated heterocycles. The number of carbonyl (C=O) groups excluding carboxylic acids is 1. The van der Waals surface area contributed by atoms with Crippen LogP contribution in [0.2, 0.25) is 0 Å². The van der Waals surface area contributed by atoms with Crippen LogP contribution < -0.4 is 14.8 Å². The molecule has 0 fully saturated rings. The summed E-state index contributed by atoms with van der Waals surface area (Å²) in [6.45, 7) is 3.13. The first-order chi connectivity index (χ1) is 13.3. The molecular formula is C19H23N3O5S. The molecule has 0 radical (unpaired) electrons. The normalized spacial score (nSPS) is 13.3. The van der Waals surface area contributed by atoms with Gasteiger partial charge in [-0.15, -0.1) is 0 Å². The highest BCUT2D eigenvalue weighted by Crippen LogP contribution is 2.38. The predicted molar refractivity (Wildman–Crippen MR) is 106 cm³/mol. The molecule has 1 aliphatic carbocycles. The number of ether oxygens (including phenoxy) is 1. The summed E-state index contributed by atoms with van der Waals surface area (Å²) in [6, 6.07) is 6.64. The maximum absolute atomic E-state index is 12.4. The number of hydrogen-bond donors (Lipinski definition) is 2. The third-order valence-electron chi connectivity index (χ3n) is 4.31. The van der Waals surface area contributed by atoms with Crippen molar-refractivity contribution < 1.29 is 22.1 Å². The van der Waals surface area contributed by atoms with Crippen molar-refractivity contribution in [1.29, 1.82) is 0 Å². The average Bonchev–Trinajstić information content (AvgIpc) is 3.09. The number of hydrogen-bond acceptors (Lipinski definition) is 6. The van der Waals surface area contributed by atoms with Crippen LogP contribution >= 0.6 is 0 Å². The van der Waals surface area contributed by atoms with Gasteiger partial charge in [0.05, 0.1) is 18.9 Å². The molecule has 1 aliphatic rings. The Kier molecular flexibility index (Phi) is 5.85. The van der Waals surface area contributed by atoms with Crippen molar-refractivity contribution in [1.82, 2.24) is 9.71 Å². The molecule has 2 aromatic rings. The highest BCUT2D eigenvalue weighted by molar-refractivity contribution is 7.85. The average molecular weight is 405 g/mol. The maximum atomic E-state index is 12.4. The fourth-order valence-electron chi connectivity index (χ4n) is 3.27. The summed E-state index contributed by atoms with van der Waals surface area (Å²) in [5.74, 6) is 0.446. The van der Waals surface area contributed by atoms with Crippen LogP contribution in [-0.4, -0.2) is 32.6 Å². The summed E-state index contributed by atoms with van der Waals surface area (Å²) in [5.41, 5.74) is 4.30. The first kappa shape index (κ1) is 20.1. The molecule has 0 bridgehead atoms. The minimum atomic E-state index is -4.19. The van der Waals surface area contributed by atoms with Gasteiger partial charge in [-0.3, -0.25) is 4.18 Å². The van der Waals surface area contributed by atoms with Gasteiger partial charge in [-0.25, -0.2) is 14.5 Å². The van der Waals surface area contributed by atoms with Gasteiger partial charge in [-0.2, -0.15) is 8.42 Å². The number of amides is 2. The quantitative estimate of drug-likeness (QED) is 0.765. The largest absolute Gasteiger partial charge is 0.481 e. The monoisotopic (exact) mass is 405 g/mol. The molecule has 0 atom stereocenters. The molecule has 9 heteroatoms. The molecule has 8 nitrogen and oxygen atoms in total. The molecule has 0 aliphatic heterocycles. The number of nitrogens with zero attached hydrogens (tertiary/aromatic N) is 1. The Bertz CT molecular complexity index is 989. The van der Waals surface area contributed by atoms with Crippen LogP contribution in [-0.2, 0) is 27.3 Å². The van der Waals surface area contributed by atoms with Gasteiger partial charge in [0.2, 0.25) is 5.88 Å². The van der Waals surface area contributed by atoms with Gasteiger partial charge < -0.3 is 10.1 Å². The highest BCUT2D eigenvalue weighted by atomic mass is 32.2. The van der Waals surface area contributed by atoms with Gasteiger partial charge in [0.25, 0.3) is 0 Å². The molecule has 1 aromatic heterocycles. The Morgan fingerprint density at radius 3 is 2.71 bits per heavy atom. The van der Waals surface area contributed by atoms with Crippen LogP contribution in [0.5, 0.6) is 5.88 Å². The van der Waals surface area contributed by atoms with E-state index in [1.807, 2.05) is 16.9 Å². The minimum absolute atomic E-state index is 0.446. The number of rotatable bonds is 6. The summed E-state index contributed by atoms with van der Waals surface area (Å²) >= 11 is 0. The van der Waals surface area contributed by atoms with Gasteiger partial charge in [0, 0.05) is 17.8 Å². The van der Waals surface area contributed by atoms with Gasteiger partial charge in [0.15, 0.2) is 0 Å². The SMILES string of the molecule is COc1cc(-c2ccc3c(c2NC(=O)NS(=O)(=O)OC(C)C)CCC3)ccn1. The van der Waals surface area contributed by atoms with E-state index in [1.165, 1.54) is 7.11 Å². The summed E-state index contributed by atoms with van der Waals surface area (Å²) in [6.07, 6.45) is 3.73. The van der Waals surface area contributed by atoms with Crippen LogP contribution in [0.15, 0.2) is 30.5 Å². The zero-order valence-corrected chi connectivity index (χ0v) is 16.8. The van der Waals surface area contributed by atoms with Gasteiger partial charge in [0.1, 0.15) is 0 Å². The Hall–Kier alpha value is -2.65. The maximum Gasteiger partial charge on any atom is 0.363 e. The summed E-state index contributed by atoms with van der Waals surface area (Å²) in [7, 11) is -2.67. The Balaban J connectivity index is 1.95. The lowest BCUT2D eigenvalue weighted by Crippen LogP contribution is -2.37. The Morgan fingerprint density at radius 1 is 1.21 bits per heavy atom. The number of aromatic nitrogens is 1. The second kappa shape index (κ2) is 8.15. The zero-order valence-electron chi connectivity index (χ0n) is 16.0. The number of fused-ring (bicyclic) bond motifs is 1. The number of aryl methyl sites for hydroxylation is 1. The number of methoxy groups -OCH3 is 1. The van der Waals surface area contributed by atoms with Crippen LogP contribution in [0.25, 0.3) is 11.1 Å². The van der Waals surface area contributed by atoms with Crippen molar-refractivity contribution in [2.24, 2.45) is 0 Å². The summed E-state index contributed by atoms with van der Waals surface area (Å²) in [4.78, 5) is 16.5. The standard InChI is InChI=1S/C19H23N3O5S/c1-12(2)27-28(24,25)22-19(23)21-18-15-6-4-5-13(15)7-8-16(18)14-9-10-20-17(11-14)26-3/h7-12H,4-6H2,1-3H3,(H2,21,22,23). The lowest BCUT2D eigenvalue weighted by atomic mass is 9.98. The lowest BCUT2D eigenvalue weighted by Gasteiger charge is -2.17. The molecule has 1 heterocycles. The number of carbonyl (C=O) groups is 1. The molecule has 28 heavy (non-hydrogen) atoms. The van der Waals surface area contributed by atoms with E-state index in [0.717, 1.165) is 41.5 Å². The number of pyridine rings is 1. The third kappa shape index (κ3) is 4.60. The predicted octanol–water partition coefficient (Wildman–Crippen LogP) is 3.04. The molecule has 0 spiro atoms. The first-order valence-electron chi connectivity index (χ1n) is 8.96. The molecule has 150 valence electrons. The van der Waals surface area contributed by atoms with Crippen molar-refractivity contribution in [2.45, 2.75) is 39.2 Å². The molecule has 3 rings (SSSR count). The van der Waals surface area contributed by atoms with E-state index in [9.17, 15) is 13.2 Å². The Labute approximate surface area is 164 Å². The van der Waals surface area contributed by atoms with E-state index in [4.69, 9.17) is 8.92 Å². The van der Waals surface area contributed by atoms with Gasteiger partial charge in [-0.1, -0.05) is 12.1 Å². The fourth-order valence-corrected chi connectivity index (χ4v) is 4.10. The Morgan fingerprint density at radius 2 is 2.00 bits per heavy atom. The minimum Gasteiger partial charge on any atom is -0.481 e. The molecule has 2 N–H and O–H groups in total. The van der Waals surface area contributed by atoms with Crippen LogP contribution in [0.4, 0.5) is 10.5 Å². The number of urea groups is 1. The molecule has 1 aromatic carbocycles. The van der Waals surface area contributed by atoms with Gasteiger partial charge >= 0.3 is 16.3 Å². The second-order valence-corrected chi connectivity index (χ2v) is 8.03. The van der Waals surface area contributed by atoms with Crippen molar-refractivity contribution in [3.63, 3.8) is 0 Å². The van der Waals surface area contributed by atoms with Crippen molar-refractivity contribution in [3.8, 4) is 17.0 Å². The topological polar surface area (TPSA) is 107 Å². The highest BCUT2D eigenvalue weighted by Gasteiger charge is 2.23. The van der Waals surface area contributed by atoms with Crippen LogP contribution in [0.1, 0.15) is 31.4 Å². The smallest absolute Gasteiger partial charge is 0.363 e. The van der Waals surface area contributed by atoms with E-state index in [-0.39, 0.29) is 0 Å². The molecule has 2 amide bonds. The van der Waals surface area contributed by atoms with E-state index in [2.05, 4.69) is 10.3 Å². The van der Waals surface area contributed by atoms with Crippen molar-refractivity contribution in [2.75, 3.05) is 12.4 Å². The summed E-state index contributed by atoms with van der Waals surface area (Å²) < 4.78 is 35.6. The fraction of sp³-hybridized carbons (Fsp3) is 0.368. The van der Waals surface area contributed by atoms with Gasteiger partial charge in [-0.05, 0) is 55.9 Å². The number of benzene rings is 1. The molecular weight excluding hydrogens is 382 g/mol. The third-order valence-corrected chi connectivity index (χ3v) is 5.39. The lowest BCUT2D eigenvalue weighted by molar-refractivity contribution is 0.237. The molecule has 0 unspecified atom stereocenters. The number of anilines is 1. The second-order valence-electron chi connectivity index (χ2n) is 6.72. The van der Waals surface area contributed by atoms with E-state index < -0.39 is 22.4 Å². The number of nitrogens with one attached hydrogen (secondary N) is 2.